The Bertz CT molecular complexity index is 628. The van der Waals surface area contributed by atoms with Gasteiger partial charge in [-0.2, -0.15) is 0 Å². The lowest BCUT2D eigenvalue weighted by Gasteiger charge is -2.15. The SMILES string of the molecule is Cc1nc(-n2cnc3c2CCCC3)ccc1CNC(C)C. The molecule has 4 nitrogen and oxygen atoms in total. The minimum atomic E-state index is 0.491. The monoisotopic (exact) mass is 284 g/mol. The van der Waals surface area contributed by atoms with Crippen molar-refractivity contribution in [1.29, 1.82) is 0 Å². The summed E-state index contributed by atoms with van der Waals surface area (Å²) in [4.78, 5) is 9.34. The first-order valence-corrected chi connectivity index (χ1v) is 7.90. The first-order chi connectivity index (χ1) is 10.1. The topological polar surface area (TPSA) is 42.7 Å². The zero-order valence-electron chi connectivity index (χ0n) is 13.2. The lowest BCUT2D eigenvalue weighted by atomic mass is 10.0. The van der Waals surface area contributed by atoms with Crippen molar-refractivity contribution >= 4 is 0 Å². The summed E-state index contributed by atoms with van der Waals surface area (Å²) < 4.78 is 2.17. The van der Waals surface area contributed by atoms with Crippen LogP contribution in [-0.4, -0.2) is 20.6 Å². The Kier molecular flexibility index (Phi) is 4.06. The summed E-state index contributed by atoms with van der Waals surface area (Å²) in [5.74, 6) is 0.997. The summed E-state index contributed by atoms with van der Waals surface area (Å²) in [7, 11) is 0. The smallest absolute Gasteiger partial charge is 0.138 e. The molecule has 0 fully saturated rings. The molecule has 0 radical (unpaired) electrons. The van der Waals surface area contributed by atoms with Crippen LogP contribution in [0.1, 0.15) is 49.3 Å². The highest BCUT2D eigenvalue weighted by Crippen LogP contribution is 2.22. The van der Waals surface area contributed by atoms with Gasteiger partial charge in [0.2, 0.25) is 0 Å². The van der Waals surface area contributed by atoms with E-state index in [1.807, 2.05) is 6.33 Å². The minimum Gasteiger partial charge on any atom is -0.310 e. The van der Waals surface area contributed by atoms with Crippen molar-refractivity contribution in [1.82, 2.24) is 19.9 Å². The minimum absolute atomic E-state index is 0.491. The third-order valence-electron chi connectivity index (χ3n) is 4.16. The maximum absolute atomic E-state index is 4.78. The van der Waals surface area contributed by atoms with E-state index in [4.69, 9.17) is 4.98 Å². The standard InChI is InChI=1S/C17H24N4/c1-12(2)18-10-14-8-9-17(20-13(14)3)21-11-19-15-6-4-5-7-16(15)21/h8-9,11-12,18H,4-7,10H2,1-3H3. The van der Waals surface area contributed by atoms with Gasteiger partial charge in [-0.25, -0.2) is 9.97 Å². The molecule has 1 N–H and O–H groups in total. The van der Waals surface area contributed by atoms with Crippen LogP contribution in [-0.2, 0) is 19.4 Å². The van der Waals surface area contributed by atoms with Crippen molar-refractivity contribution in [2.75, 3.05) is 0 Å². The van der Waals surface area contributed by atoms with Crippen molar-refractivity contribution < 1.29 is 0 Å². The van der Waals surface area contributed by atoms with E-state index >= 15 is 0 Å². The molecule has 0 spiro atoms. The molecule has 2 heterocycles. The molecule has 1 aliphatic rings. The van der Waals surface area contributed by atoms with Gasteiger partial charge in [-0.1, -0.05) is 19.9 Å². The second-order valence-corrected chi connectivity index (χ2v) is 6.16. The fourth-order valence-corrected chi connectivity index (χ4v) is 2.88. The van der Waals surface area contributed by atoms with Gasteiger partial charge in [0.1, 0.15) is 12.1 Å². The Morgan fingerprint density at radius 1 is 1.24 bits per heavy atom. The van der Waals surface area contributed by atoms with Crippen LogP contribution in [0.2, 0.25) is 0 Å². The van der Waals surface area contributed by atoms with E-state index in [1.54, 1.807) is 0 Å². The normalized spacial score (nSPS) is 14.5. The molecule has 3 rings (SSSR count). The van der Waals surface area contributed by atoms with Gasteiger partial charge < -0.3 is 5.32 Å². The fourth-order valence-electron chi connectivity index (χ4n) is 2.88. The molecule has 21 heavy (non-hydrogen) atoms. The average Bonchev–Trinajstić information content (AvgIpc) is 2.89. The Morgan fingerprint density at radius 3 is 2.81 bits per heavy atom. The van der Waals surface area contributed by atoms with E-state index in [9.17, 15) is 0 Å². The third kappa shape index (κ3) is 3.00. The van der Waals surface area contributed by atoms with Gasteiger partial charge in [0.05, 0.1) is 5.69 Å². The number of rotatable bonds is 4. The molecular weight excluding hydrogens is 260 g/mol. The van der Waals surface area contributed by atoms with Gasteiger partial charge in [0, 0.05) is 24.0 Å². The van der Waals surface area contributed by atoms with Crippen molar-refractivity contribution in [3.63, 3.8) is 0 Å². The molecule has 0 unspecified atom stereocenters. The van der Waals surface area contributed by atoms with E-state index in [-0.39, 0.29) is 0 Å². The van der Waals surface area contributed by atoms with E-state index in [1.165, 1.54) is 29.8 Å². The largest absolute Gasteiger partial charge is 0.310 e. The summed E-state index contributed by atoms with van der Waals surface area (Å²) in [6.45, 7) is 7.28. The van der Waals surface area contributed by atoms with Gasteiger partial charge in [-0.15, -0.1) is 0 Å². The molecule has 0 aromatic carbocycles. The maximum atomic E-state index is 4.78. The Morgan fingerprint density at radius 2 is 2.05 bits per heavy atom. The Balaban J connectivity index is 1.86. The predicted octanol–water partition coefficient (Wildman–Crippen LogP) is 2.95. The van der Waals surface area contributed by atoms with E-state index in [2.05, 4.69) is 47.8 Å². The van der Waals surface area contributed by atoms with Gasteiger partial charge in [-0.3, -0.25) is 4.57 Å². The first-order valence-electron chi connectivity index (χ1n) is 7.90. The summed E-state index contributed by atoms with van der Waals surface area (Å²) >= 11 is 0. The highest BCUT2D eigenvalue weighted by molar-refractivity contribution is 5.34. The van der Waals surface area contributed by atoms with Crippen LogP contribution in [0, 0.1) is 6.92 Å². The molecule has 2 aromatic heterocycles. The van der Waals surface area contributed by atoms with E-state index in [0.717, 1.165) is 30.9 Å². The molecule has 0 amide bonds. The zero-order valence-corrected chi connectivity index (χ0v) is 13.2. The third-order valence-corrected chi connectivity index (χ3v) is 4.16. The molecule has 0 atom stereocenters. The van der Waals surface area contributed by atoms with Gasteiger partial charge >= 0.3 is 0 Å². The highest BCUT2D eigenvalue weighted by Gasteiger charge is 2.16. The molecule has 2 aromatic rings. The van der Waals surface area contributed by atoms with Crippen LogP contribution < -0.4 is 5.32 Å². The fraction of sp³-hybridized carbons (Fsp3) is 0.529. The van der Waals surface area contributed by atoms with Gasteiger partial charge in [-0.05, 0) is 44.2 Å². The summed E-state index contributed by atoms with van der Waals surface area (Å²) in [5, 5.41) is 3.45. The highest BCUT2D eigenvalue weighted by atomic mass is 15.1. The number of nitrogens with zero attached hydrogens (tertiary/aromatic N) is 3. The predicted molar refractivity (Wildman–Crippen MR) is 84.7 cm³/mol. The molecule has 112 valence electrons. The van der Waals surface area contributed by atoms with Crippen LogP contribution in [0.15, 0.2) is 18.5 Å². The molecular formula is C17H24N4. The van der Waals surface area contributed by atoms with Crippen LogP contribution in [0.25, 0.3) is 5.82 Å². The van der Waals surface area contributed by atoms with Crippen molar-refractivity contribution in [3.8, 4) is 5.82 Å². The van der Waals surface area contributed by atoms with Crippen LogP contribution in [0.5, 0.6) is 0 Å². The van der Waals surface area contributed by atoms with Crippen molar-refractivity contribution in [3.05, 3.63) is 41.1 Å². The number of aromatic nitrogens is 3. The number of hydrogen-bond donors (Lipinski definition) is 1. The first kappa shape index (κ1) is 14.3. The van der Waals surface area contributed by atoms with E-state index < -0.39 is 0 Å². The molecule has 4 heteroatoms. The lowest BCUT2D eigenvalue weighted by Crippen LogP contribution is -2.22. The Labute approximate surface area is 126 Å². The second-order valence-electron chi connectivity index (χ2n) is 6.16. The number of fused-ring (bicyclic) bond motifs is 1. The summed E-state index contributed by atoms with van der Waals surface area (Å²) in [5.41, 5.74) is 4.97. The maximum Gasteiger partial charge on any atom is 0.138 e. The number of nitrogens with one attached hydrogen (secondary N) is 1. The van der Waals surface area contributed by atoms with Crippen molar-refractivity contribution in [2.24, 2.45) is 0 Å². The van der Waals surface area contributed by atoms with Gasteiger partial charge in [0.25, 0.3) is 0 Å². The van der Waals surface area contributed by atoms with Gasteiger partial charge in [0.15, 0.2) is 0 Å². The molecule has 0 saturated heterocycles. The molecule has 0 bridgehead atoms. The zero-order chi connectivity index (χ0) is 14.8. The van der Waals surface area contributed by atoms with Crippen LogP contribution in [0.3, 0.4) is 0 Å². The summed E-state index contributed by atoms with van der Waals surface area (Å²) in [6.07, 6.45) is 6.68. The molecule has 1 aliphatic carbocycles. The molecule has 0 aliphatic heterocycles. The van der Waals surface area contributed by atoms with Crippen LogP contribution in [0.4, 0.5) is 0 Å². The number of hydrogen-bond acceptors (Lipinski definition) is 3. The number of imidazole rings is 1. The molecule has 0 saturated carbocycles. The summed E-state index contributed by atoms with van der Waals surface area (Å²) in [6, 6.07) is 4.79. The van der Waals surface area contributed by atoms with E-state index in [0.29, 0.717) is 6.04 Å². The average molecular weight is 284 g/mol. The van der Waals surface area contributed by atoms with Crippen molar-refractivity contribution in [2.45, 2.75) is 59.0 Å². The van der Waals surface area contributed by atoms with Crippen LogP contribution >= 0.6 is 0 Å². The number of pyridine rings is 1. The Hall–Kier alpha value is -1.68. The second kappa shape index (κ2) is 5.98. The quantitative estimate of drug-likeness (QED) is 0.938. The number of aryl methyl sites for hydroxylation is 2. The lowest BCUT2D eigenvalue weighted by molar-refractivity contribution is 0.586.